The van der Waals surface area contributed by atoms with Crippen LogP contribution in [-0.2, 0) is 9.16 Å². The van der Waals surface area contributed by atoms with Crippen molar-refractivity contribution >= 4 is 8.32 Å². The van der Waals surface area contributed by atoms with Gasteiger partial charge in [-0.05, 0) is 19.6 Å². The lowest BCUT2D eigenvalue weighted by atomic mass is 10.2. The number of allylic oxidation sites excluding steroid dienone is 1. The highest BCUT2D eigenvalue weighted by Crippen LogP contribution is 2.08. The van der Waals surface area contributed by atoms with Crippen LogP contribution in [0, 0.1) is 5.92 Å². The van der Waals surface area contributed by atoms with Crippen LogP contribution < -0.4 is 0 Å². The summed E-state index contributed by atoms with van der Waals surface area (Å²) >= 11 is 0. The Morgan fingerprint density at radius 2 is 1.77 bits per heavy atom. The third kappa shape index (κ3) is 8.06. The zero-order valence-electron chi connectivity index (χ0n) is 9.52. The fourth-order valence-electron chi connectivity index (χ4n) is 0.687. The molecule has 0 aromatic heterocycles. The molecule has 0 radical (unpaired) electrons. The fourth-order valence-corrected chi connectivity index (χ4v) is 1.38. The van der Waals surface area contributed by atoms with Gasteiger partial charge in [0.05, 0.1) is 12.4 Å². The van der Waals surface area contributed by atoms with Gasteiger partial charge >= 0.3 is 0 Å². The topological polar surface area (TPSA) is 18.5 Å². The molecule has 0 unspecified atom stereocenters. The standard InChI is InChI=1S/C10H22O2Si/c1-9(2)10(3)11-7-8-12-13(4,5)6/h9H,3,7-8H2,1-2,4-6H3. The van der Waals surface area contributed by atoms with Crippen molar-refractivity contribution in [2.45, 2.75) is 33.5 Å². The van der Waals surface area contributed by atoms with E-state index in [1.165, 1.54) is 0 Å². The second kappa shape index (κ2) is 5.45. The van der Waals surface area contributed by atoms with E-state index in [9.17, 15) is 0 Å². The van der Waals surface area contributed by atoms with Crippen molar-refractivity contribution in [1.29, 1.82) is 0 Å². The van der Waals surface area contributed by atoms with E-state index in [4.69, 9.17) is 9.16 Å². The second-order valence-corrected chi connectivity index (χ2v) is 8.94. The molecule has 0 aliphatic rings. The maximum Gasteiger partial charge on any atom is 0.183 e. The summed E-state index contributed by atoms with van der Waals surface area (Å²) in [4.78, 5) is 0. The van der Waals surface area contributed by atoms with Crippen molar-refractivity contribution in [2.24, 2.45) is 5.92 Å². The molecule has 0 amide bonds. The van der Waals surface area contributed by atoms with E-state index >= 15 is 0 Å². The highest BCUT2D eigenvalue weighted by atomic mass is 28.4. The highest BCUT2D eigenvalue weighted by molar-refractivity contribution is 6.69. The second-order valence-electron chi connectivity index (χ2n) is 4.43. The van der Waals surface area contributed by atoms with Gasteiger partial charge < -0.3 is 9.16 Å². The molecule has 3 heteroatoms. The van der Waals surface area contributed by atoms with Gasteiger partial charge in [-0.2, -0.15) is 0 Å². The predicted octanol–water partition coefficient (Wildman–Crippen LogP) is 3.02. The maximum absolute atomic E-state index is 5.63. The summed E-state index contributed by atoms with van der Waals surface area (Å²) in [6.45, 7) is 15.8. The van der Waals surface area contributed by atoms with E-state index in [1.807, 2.05) is 0 Å². The van der Waals surface area contributed by atoms with E-state index in [0.717, 1.165) is 5.76 Å². The fraction of sp³-hybridized carbons (Fsp3) is 0.800. The molecule has 13 heavy (non-hydrogen) atoms. The van der Waals surface area contributed by atoms with Crippen molar-refractivity contribution in [3.63, 3.8) is 0 Å². The lowest BCUT2D eigenvalue weighted by Crippen LogP contribution is -2.27. The summed E-state index contributed by atoms with van der Waals surface area (Å²) in [5.74, 6) is 1.24. The molecule has 0 spiro atoms. The molecule has 2 nitrogen and oxygen atoms in total. The number of rotatable bonds is 6. The minimum atomic E-state index is -1.37. The third-order valence-electron chi connectivity index (χ3n) is 1.55. The van der Waals surface area contributed by atoms with Gasteiger partial charge in [-0.1, -0.05) is 20.4 Å². The molecule has 0 bridgehead atoms. The average molecular weight is 202 g/mol. The Bertz CT molecular complexity index is 159. The summed E-state index contributed by atoms with van der Waals surface area (Å²) in [5, 5.41) is 0. The lowest BCUT2D eigenvalue weighted by molar-refractivity contribution is 0.138. The first kappa shape index (κ1) is 12.7. The summed E-state index contributed by atoms with van der Waals surface area (Å²) in [7, 11) is -1.37. The van der Waals surface area contributed by atoms with E-state index in [-0.39, 0.29) is 0 Å². The monoisotopic (exact) mass is 202 g/mol. The van der Waals surface area contributed by atoms with Gasteiger partial charge in [0.15, 0.2) is 8.32 Å². The quantitative estimate of drug-likeness (QED) is 0.374. The summed E-state index contributed by atoms with van der Waals surface area (Å²) < 4.78 is 11.0. The van der Waals surface area contributed by atoms with Crippen LogP contribution in [0.15, 0.2) is 12.3 Å². The van der Waals surface area contributed by atoms with Gasteiger partial charge in [-0.15, -0.1) is 0 Å². The number of hydrogen-bond donors (Lipinski definition) is 0. The largest absolute Gasteiger partial charge is 0.496 e. The normalized spacial score (nSPS) is 11.8. The molecular formula is C10H22O2Si. The summed E-state index contributed by atoms with van der Waals surface area (Å²) in [5.41, 5.74) is 0. The number of hydrogen-bond acceptors (Lipinski definition) is 2. The molecule has 0 aliphatic carbocycles. The van der Waals surface area contributed by atoms with Crippen molar-refractivity contribution in [3.05, 3.63) is 12.3 Å². The van der Waals surface area contributed by atoms with Crippen molar-refractivity contribution in [1.82, 2.24) is 0 Å². The Kier molecular flexibility index (Phi) is 5.33. The van der Waals surface area contributed by atoms with Crippen LogP contribution in [0.3, 0.4) is 0 Å². The smallest absolute Gasteiger partial charge is 0.183 e. The maximum atomic E-state index is 5.63. The molecule has 0 atom stereocenters. The van der Waals surface area contributed by atoms with Crippen LogP contribution in [0.4, 0.5) is 0 Å². The van der Waals surface area contributed by atoms with Crippen LogP contribution in [0.1, 0.15) is 13.8 Å². The van der Waals surface area contributed by atoms with E-state index in [1.54, 1.807) is 0 Å². The molecule has 0 saturated heterocycles. The molecule has 0 N–H and O–H groups in total. The van der Waals surface area contributed by atoms with Crippen LogP contribution >= 0.6 is 0 Å². The molecule has 0 saturated carbocycles. The summed E-state index contributed by atoms with van der Waals surface area (Å²) in [6.07, 6.45) is 0. The molecule has 0 aromatic carbocycles. The minimum Gasteiger partial charge on any atom is -0.496 e. The molecular weight excluding hydrogens is 180 g/mol. The molecule has 0 fully saturated rings. The van der Waals surface area contributed by atoms with Gasteiger partial charge in [0, 0.05) is 5.92 Å². The third-order valence-corrected chi connectivity index (χ3v) is 2.62. The van der Waals surface area contributed by atoms with E-state index in [2.05, 4.69) is 40.1 Å². The Morgan fingerprint density at radius 3 is 2.15 bits per heavy atom. The highest BCUT2D eigenvalue weighted by Gasteiger charge is 2.13. The first-order chi connectivity index (χ1) is 5.83. The van der Waals surface area contributed by atoms with Gasteiger partial charge in [0.1, 0.15) is 6.61 Å². The summed E-state index contributed by atoms with van der Waals surface area (Å²) in [6, 6.07) is 0. The van der Waals surface area contributed by atoms with Crippen LogP contribution in [0.25, 0.3) is 0 Å². The zero-order valence-corrected chi connectivity index (χ0v) is 10.5. The minimum absolute atomic E-state index is 0.395. The zero-order chi connectivity index (χ0) is 10.5. The van der Waals surface area contributed by atoms with Crippen molar-refractivity contribution in [2.75, 3.05) is 13.2 Å². The van der Waals surface area contributed by atoms with Gasteiger partial charge in [-0.25, -0.2) is 0 Å². The van der Waals surface area contributed by atoms with Crippen molar-refractivity contribution in [3.8, 4) is 0 Å². The first-order valence-electron chi connectivity index (χ1n) is 4.78. The van der Waals surface area contributed by atoms with Gasteiger partial charge in [0.2, 0.25) is 0 Å². The number of ether oxygens (including phenoxy) is 1. The van der Waals surface area contributed by atoms with Gasteiger partial charge in [-0.3, -0.25) is 0 Å². The molecule has 0 aromatic rings. The Hall–Kier alpha value is -0.283. The Labute approximate surface area is 83.1 Å². The molecule has 0 rings (SSSR count). The average Bonchev–Trinajstić information content (AvgIpc) is 1.95. The molecule has 0 aliphatic heterocycles. The van der Waals surface area contributed by atoms with E-state index < -0.39 is 8.32 Å². The Morgan fingerprint density at radius 1 is 1.23 bits per heavy atom. The van der Waals surface area contributed by atoms with E-state index in [0.29, 0.717) is 19.1 Å². The molecule has 78 valence electrons. The molecule has 0 heterocycles. The van der Waals surface area contributed by atoms with Gasteiger partial charge in [0.25, 0.3) is 0 Å². The van der Waals surface area contributed by atoms with Crippen LogP contribution in [-0.4, -0.2) is 21.5 Å². The van der Waals surface area contributed by atoms with Crippen LogP contribution in [0.5, 0.6) is 0 Å². The predicted molar refractivity (Wildman–Crippen MR) is 59.2 cm³/mol. The lowest BCUT2D eigenvalue weighted by Gasteiger charge is -2.18. The Balaban J connectivity index is 3.42. The van der Waals surface area contributed by atoms with Crippen LogP contribution in [0.2, 0.25) is 19.6 Å². The van der Waals surface area contributed by atoms with Crippen molar-refractivity contribution < 1.29 is 9.16 Å². The first-order valence-corrected chi connectivity index (χ1v) is 8.19. The SMILES string of the molecule is C=C(OCCO[Si](C)(C)C)C(C)C.